The Labute approximate surface area is 532 Å². The van der Waals surface area contributed by atoms with E-state index in [4.69, 9.17) is 9.59 Å². The minimum atomic E-state index is 0.250. The van der Waals surface area contributed by atoms with Gasteiger partial charge in [0, 0.05) is 6.61 Å². The lowest BCUT2D eigenvalue weighted by Gasteiger charge is -2.17. The van der Waals surface area contributed by atoms with Crippen molar-refractivity contribution in [3.8, 4) is 0 Å². The topological polar surface area (TPSA) is 54.4 Å². The molecule has 0 aliphatic heterocycles. The quantitative estimate of drug-likeness (QED) is 0.0488. The first-order valence-corrected chi connectivity index (χ1v) is 37.8. The summed E-state index contributed by atoms with van der Waals surface area (Å²) in [5, 5.41) is 9.79. The first-order valence-electron chi connectivity index (χ1n) is 37.8. The molecule has 2 aliphatic rings. The van der Waals surface area contributed by atoms with Crippen LogP contribution in [0.15, 0.2) is 97.2 Å². The van der Waals surface area contributed by atoms with Gasteiger partial charge >= 0.3 is 6.15 Å². The van der Waals surface area contributed by atoms with Crippen LogP contribution in [0.1, 0.15) is 388 Å². The second-order valence-corrected chi connectivity index (χ2v) is 26.5. The number of hydrogen-bond donors (Lipinski definition) is 1. The standard InChI is InChI=1S/C41H74.C40H72O.CO2/c1-4-7-9-11-13-15-17-19-21-23-25-27-29-31-33-35-37-41(39-40(41)6-3)38-36-34-32-30-28-26-24-22-20-18-16-14-12-10-8-5-2;1-3-5-7-9-11-13-15-17-19-21-23-25-27-29-31-33-35-40(37-39(40)38-41)36-34-32-30-28-26-24-22-20-18-16-14-12-10-8-6-4-2;2-1-3/h13-16,19-22,40H,4-12,17-18,23-39H2,1-3H3;11-14,17-20,39,41H,3-10,15-16,21-38H2,1-2H3;/b15-13-,16-14-,21-19-,22-20-;13-11-,14-12-,19-17-,20-18-;. The summed E-state index contributed by atoms with van der Waals surface area (Å²) >= 11 is 0. The fourth-order valence-electron chi connectivity index (χ4n) is 13.0. The number of allylic oxidation sites excluding steroid dienone is 16. The van der Waals surface area contributed by atoms with Crippen LogP contribution in [-0.2, 0) is 9.59 Å². The Kier molecular flexibility index (Phi) is 65.0. The molecule has 0 spiro atoms. The van der Waals surface area contributed by atoms with Gasteiger partial charge in [-0.15, -0.1) is 0 Å². The van der Waals surface area contributed by atoms with Gasteiger partial charge in [-0.05, 0) is 190 Å². The molecule has 2 rings (SSSR count). The van der Waals surface area contributed by atoms with Gasteiger partial charge in [0.2, 0.25) is 0 Å². The summed E-state index contributed by atoms with van der Waals surface area (Å²) < 4.78 is 0. The highest BCUT2D eigenvalue weighted by Crippen LogP contribution is 2.61. The molecule has 2 unspecified atom stereocenters. The zero-order valence-corrected chi connectivity index (χ0v) is 57.8. The summed E-state index contributed by atoms with van der Waals surface area (Å²) in [5.41, 5.74) is 1.28. The van der Waals surface area contributed by atoms with Crippen LogP contribution in [0.4, 0.5) is 0 Å². The van der Waals surface area contributed by atoms with Crippen molar-refractivity contribution in [2.45, 2.75) is 388 Å². The zero-order valence-electron chi connectivity index (χ0n) is 57.8. The van der Waals surface area contributed by atoms with Gasteiger partial charge in [0.1, 0.15) is 0 Å². The molecule has 2 fully saturated rings. The average Bonchev–Trinajstić information content (AvgIpc) is 3.31. The molecule has 2 atom stereocenters. The lowest BCUT2D eigenvalue weighted by Crippen LogP contribution is -2.07. The van der Waals surface area contributed by atoms with Crippen LogP contribution in [0.25, 0.3) is 0 Å². The van der Waals surface area contributed by atoms with E-state index in [1.807, 2.05) is 0 Å². The van der Waals surface area contributed by atoms with Crippen molar-refractivity contribution in [3.63, 3.8) is 0 Å². The molecule has 0 amide bonds. The number of aliphatic hydroxyl groups is 1. The first kappa shape index (κ1) is 82.3. The van der Waals surface area contributed by atoms with Crippen molar-refractivity contribution in [2.24, 2.45) is 22.7 Å². The third kappa shape index (κ3) is 56.3. The molecule has 1 N–H and O–H groups in total. The van der Waals surface area contributed by atoms with Crippen LogP contribution in [-0.4, -0.2) is 17.9 Å². The third-order valence-corrected chi connectivity index (χ3v) is 18.9. The molecule has 0 aromatic carbocycles. The van der Waals surface area contributed by atoms with Crippen LogP contribution in [0.5, 0.6) is 0 Å². The molecule has 492 valence electrons. The predicted octanol–water partition coefficient (Wildman–Crippen LogP) is 27.6. The van der Waals surface area contributed by atoms with E-state index in [1.54, 1.807) is 6.42 Å². The molecule has 3 nitrogen and oxygen atoms in total. The maximum absolute atomic E-state index is 9.79. The van der Waals surface area contributed by atoms with Crippen molar-refractivity contribution in [1.82, 2.24) is 0 Å². The van der Waals surface area contributed by atoms with Crippen LogP contribution in [0.3, 0.4) is 0 Å². The lowest BCUT2D eigenvalue weighted by atomic mass is 9.88. The van der Waals surface area contributed by atoms with Crippen molar-refractivity contribution < 1.29 is 14.7 Å². The maximum Gasteiger partial charge on any atom is 0.373 e. The Morgan fingerprint density at radius 3 is 0.659 bits per heavy atom. The molecule has 0 aromatic heterocycles. The molecule has 0 radical (unpaired) electrons. The number of rotatable bonds is 62. The van der Waals surface area contributed by atoms with Crippen molar-refractivity contribution in [2.75, 3.05) is 6.61 Å². The van der Waals surface area contributed by atoms with Crippen molar-refractivity contribution >= 4 is 6.15 Å². The van der Waals surface area contributed by atoms with Crippen LogP contribution in [0.2, 0.25) is 0 Å². The zero-order chi connectivity index (χ0) is 61.8. The van der Waals surface area contributed by atoms with Gasteiger partial charge in [-0.2, -0.15) is 9.59 Å². The Hall–Kier alpha value is -2.74. The second kappa shape index (κ2) is 67.2. The largest absolute Gasteiger partial charge is 0.396 e. The summed E-state index contributed by atoms with van der Waals surface area (Å²) in [6.45, 7) is 11.9. The summed E-state index contributed by atoms with van der Waals surface area (Å²) in [6.07, 6.45) is 113. The molecule has 2 saturated carbocycles. The van der Waals surface area contributed by atoms with Gasteiger partial charge in [0.05, 0.1) is 0 Å². The van der Waals surface area contributed by atoms with Crippen molar-refractivity contribution in [1.29, 1.82) is 0 Å². The monoisotopic (exact) mass is 1180 g/mol. The molecular formula is C82H146O3. The van der Waals surface area contributed by atoms with Crippen LogP contribution < -0.4 is 0 Å². The van der Waals surface area contributed by atoms with E-state index in [0.717, 1.165) is 37.0 Å². The van der Waals surface area contributed by atoms with E-state index in [9.17, 15) is 5.11 Å². The fraction of sp³-hybridized carbons (Fsp3) is 0.793. The van der Waals surface area contributed by atoms with Crippen LogP contribution in [0, 0.1) is 22.7 Å². The van der Waals surface area contributed by atoms with E-state index in [0.29, 0.717) is 17.9 Å². The number of unbranched alkanes of at least 4 members (excludes halogenated alkanes) is 36. The van der Waals surface area contributed by atoms with Gasteiger partial charge in [0.25, 0.3) is 0 Å². The van der Waals surface area contributed by atoms with Gasteiger partial charge in [-0.1, -0.05) is 318 Å². The van der Waals surface area contributed by atoms with Crippen molar-refractivity contribution in [3.05, 3.63) is 97.2 Å². The number of carbonyl (C=O) groups excluding carboxylic acids is 2. The Bertz CT molecular complexity index is 1420. The Balaban J connectivity index is 0.00000159. The SMILES string of the molecule is CCCCC/C=C\C/C=C\CCCCCCCCC1(CCCCCCCC/C=C\C/C=C\CCCCC)CC1CC.CCCCC/C=C\C/C=C\CCCCCCCCC1(CCCCCCCC/C=C\C/C=C\CCCCC)CC1CO.O=C=O. The van der Waals surface area contributed by atoms with Gasteiger partial charge in [-0.25, -0.2) is 0 Å². The summed E-state index contributed by atoms with van der Waals surface area (Å²) in [6, 6.07) is 0. The molecule has 0 aromatic rings. The second-order valence-electron chi connectivity index (χ2n) is 26.5. The molecule has 3 heteroatoms. The van der Waals surface area contributed by atoms with E-state index < -0.39 is 0 Å². The highest BCUT2D eigenvalue weighted by Gasteiger charge is 2.52. The highest BCUT2D eigenvalue weighted by molar-refractivity contribution is 5.20. The van der Waals surface area contributed by atoms with Gasteiger partial charge in [0.15, 0.2) is 0 Å². The van der Waals surface area contributed by atoms with Crippen LogP contribution >= 0.6 is 0 Å². The van der Waals surface area contributed by atoms with Gasteiger partial charge < -0.3 is 5.11 Å². The van der Waals surface area contributed by atoms with E-state index in [-0.39, 0.29) is 6.15 Å². The molecule has 85 heavy (non-hydrogen) atoms. The first-order chi connectivity index (χ1) is 42.0. The minimum Gasteiger partial charge on any atom is -0.396 e. The maximum atomic E-state index is 9.79. The predicted molar refractivity (Wildman–Crippen MR) is 379 cm³/mol. The van der Waals surface area contributed by atoms with E-state index in [1.165, 1.54) is 321 Å². The minimum absolute atomic E-state index is 0.250. The number of hydrogen-bond acceptors (Lipinski definition) is 3. The number of aliphatic hydroxyl groups excluding tert-OH is 1. The Morgan fingerprint density at radius 1 is 0.282 bits per heavy atom. The molecule has 0 saturated heterocycles. The van der Waals surface area contributed by atoms with E-state index in [2.05, 4.69) is 132 Å². The van der Waals surface area contributed by atoms with Gasteiger partial charge in [-0.3, -0.25) is 0 Å². The fourth-order valence-corrected chi connectivity index (χ4v) is 13.0. The lowest BCUT2D eigenvalue weighted by molar-refractivity contribution is -0.191. The Morgan fingerprint density at radius 2 is 0.471 bits per heavy atom. The molecule has 2 aliphatic carbocycles. The summed E-state index contributed by atoms with van der Waals surface area (Å²) in [5.74, 6) is 1.66. The third-order valence-electron chi connectivity index (χ3n) is 18.9. The normalized spacial score (nSPS) is 16.3. The van der Waals surface area contributed by atoms with E-state index >= 15 is 0 Å². The molecule has 0 heterocycles. The smallest absolute Gasteiger partial charge is 0.373 e. The highest BCUT2D eigenvalue weighted by atomic mass is 16.3. The summed E-state index contributed by atoms with van der Waals surface area (Å²) in [4.78, 5) is 16.2. The molecular weight excluding hydrogens is 1030 g/mol. The molecule has 0 bridgehead atoms. The average molecular weight is 1180 g/mol. The summed E-state index contributed by atoms with van der Waals surface area (Å²) in [7, 11) is 0.